The van der Waals surface area contributed by atoms with E-state index in [4.69, 9.17) is 10.5 Å². The first-order valence-electron chi connectivity index (χ1n) is 8.69. The number of hydrogen-bond acceptors (Lipinski definition) is 5. The first-order valence-corrected chi connectivity index (χ1v) is 10.1. The van der Waals surface area contributed by atoms with Crippen molar-refractivity contribution in [3.8, 4) is 0 Å². The Kier molecular flexibility index (Phi) is 7.42. The minimum absolute atomic E-state index is 0. The number of benzene rings is 2. The molecular weight excluding hydrogens is 402 g/mol. The minimum atomic E-state index is -3.51. The number of rotatable bonds is 5. The predicted octanol–water partition coefficient (Wildman–Crippen LogP) is 1.95. The molecule has 1 saturated heterocycles. The van der Waals surface area contributed by atoms with E-state index in [9.17, 15) is 13.2 Å². The number of hydrogen-bond donors (Lipinski definition) is 2. The summed E-state index contributed by atoms with van der Waals surface area (Å²) in [7, 11) is -3.51. The Balaban J connectivity index is 0.00000280. The SMILES string of the molecule is Cc1ccc(N)cc1C(=O)NCc1ccc(S(=O)(=O)N2CCOCC2)cc1.Cl. The van der Waals surface area contributed by atoms with E-state index in [0.717, 1.165) is 11.1 Å². The van der Waals surface area contributed by atoms with Crippen LogP contribution in [0.3, 0.4) is 0 Å². The fourth-order valence-electron chi connectivity index (χ4n) is 2.88. The van der Waals surface area contributed by atoms with Crippen molar-refractivity contribution >= 4 is 34.0 Å². The van der Waals surface area contributed by atoms with Crippen LogP contribution in [0.4, 0.5) is 5.69 Å². The zero-order chi connectivity index (χ0) is 19.4. The molecule has 1 fully saturated rings. The molecule has 28 heavy (non-hydrogen) atoms. The predicted molar refractivity (Wildman–Crippen MR) is 110 cm³/mol. The van der Waals surface area contributed by atoms with Gasteiger partial charge in [0.25, 0.3) is 5.91 Å². The average molecular weight is 426 g/mol. The maximum Gasteiger partial charge on any atom is 0.251 e. The van der Waals surface area contributed by atoms with E-state index < -0.39 is 10.0 Å². The second kappa shape index (κ2) is 9.38. The molecule has 0 aromatic heterocycles. The molecule has 1 aliphatic rings. The van der Waals surface area contributed by atoms with Crippen LogP contribution in [0.5, 0.6) is 0 Å². The van der Waals surface area contributed by atoms with Gasteiger partial charge in [0.2, 0.25) is 10.0 Å². The summed E-state index contributed by atoms with van der Waals surface area (Å²) in [6.07, 6.45) is 0. The van der Waals surface area contributed by atoms with Crippen molar-refractivity contribution < 1.29 is 17.9 Å². The van der Waals surface area contributed by atoms with Crippen LogP contribution < -0.4 is 11.1 Å². The number of carbonyl (C=O) groups is 1. The summed E-state index contributed by atoms with van der Waals surface area (Å²) in [4.78, 5) is 12.6. The third-order valence-electron chi connectivity index (χ3n) is 4.49. The summed E-state index contributed by atoms with van der Waals surface area (Å²) in [5.74, 6) is -0.218. The van der Waals surface area contributed by atoms with Gasteiger partial charge in [-0.1, -0.05) is 18.2 Å². The molecule has 7 nitrogen and oxygen atoms in total. The maximum absolute atomic E-state index is 12.6. The fraction of sp³-hybridized carbons (Fsp3) is 0.316. The standard InChI is InChI=1S/C19H23N3O4S.ClH/c1-14-2-5-16(20)12-18(14)19(23)21-13-15-3-6-17(7-4-15)27(24,25)22-8-10-26-11-9-22;/h2-7,12H,8-11,13,20H2,1H3,(H,21,23);1H. The minimum Gasteiger partial charge on any atom is -0.399 e. The lowest BCUT2D eigenvalue weighted by Gasteiger charge is -2.26. The topological polar surface area (TPSA) is 102 Å². The highest BCUT2D eigenvalue weighted by atomic mass is 35.5. The zero-order valence-corrected chi connectivity index (χ0v) is 17.2. The van der Waals surface area contributed by atoms with Crippen LogP contribution in [0, 0.1) is 6.92 Å². The molecular formula is C19H24ClN3O4S. The molecule has 0 saturated carbocycles. The highest BCUT2D eigenvalue weighted by Crippen LogP contribution is 2.18. The van der Waals surface area contributed by atoms with E-state index in [0.29, 0.717) is 44.1 Å². The van der Waals surface area contributed by atoms with E-state index in [-0.39, 0.29) is 23.2 Å². The second-order valence-corrected chi connectivity index (χ2v) is 8.36. The summed E-state index contributed by atoms with van der Waals surface area (Å²) in [6.45, 7) is 3.68. The number of nitrogens with one attached hydrogen (secondary N) is 1. The highest BCUT2D eigenvalue weighted by Gasteiger charge is 2.26. The molecule has 1 amide bonds. The summed E-state index contributed by atoms with van der Waals surface area (Å²) in [6, 6.07) is 11.7. The number of aryl methyl sites for hydroxylation is 1. The van der Waals surface area contributed by atoms with Gasteiger partial charge in [-0.2, -0.15) is 4.31 Å². The van der Waals surface area contributed by atoms with Crippen molar-refractivity contribution in [3.05, 3.63) is 59.2 Å². The van der Waals surface area contributed by atoms with Gasteiger partial charge in [-0.15, -0.1) is 12.4 Å². The van der Waals surface area contributed by atoms with Crippen LogP contribution in [0.15, 0.2) is 47.4 Å². The Hall–Kier alpha value is -2.13. The number of morpholine rings is 1. The molecule has 0 atom stereocenters. The molecule has 3 N–H and O–H groups in total. The molecule has 2 aromatic carbocycles. The molecule has 2 aromatic rings. The van der Waals surface area contributed by atoms with Crippen LogP contribution >= 0.6 is 12.4 Å². The van der Waals surface area contributed by atoms with Crippen molar-refractivity contribution in [2.45, 2.75) is 18.4 Å². The number of amides is 1. The summed E-state index contributed by atoms with van der Waals surface area (Å²) >= 11 is 0. The van der Waals surface area contributed by atoms with Crippen molar-refractivity contribution in [2.24, 2.45) is 0 Å². The van der Waals surface area contributed by atoms with E-state index in [1.807, 2.05) is 6.92 Å². The molecule has 0 bridgehead atoms. The zero-order valence-electron chi connectivity index (χ0n) is 15.6. The molecule has 152 valence electrons. The number of carbonyl (C=O) groups excluding carboxylic acids is 1. The van der Waals surface area contributed by atoms with Gasteiger partial charge in [-0.3, -0.25) is 4.79 Å². The van der Waals surface area contributed by atoms with Gasteiger partial charge in [0.05, 0.1) is 18.1 Å². The summed E-state index contributed by atoms with van der Waals surface area (Å²) < 4.78 is 31.8. The molecule has 1 aliphatic heterocycles. The lowest BCUT2D eigenvalue weighted by molar-refractivity contribution is 0.0730. The number of anilines is 1. The first kappa shape index (κ1) is 22.2. The van der Waals surface area contributed by atoms with E-state index in [1.165, 1.54) is 4.31 Å². The van der Waals surface area contributed by atoms with Gasteiger partial charge in [-0.25, -0.2) is 8.42 Å². The van der Waals surface area contributed by atoms with Crippen LogP contribution in [-0.2, 0) is 21.3 Å². The van der Waals surface area contributed by atoms with Crippen LogP contribution in [0.25, 0.3) is 0 Å². The lowest BCUT2D eigenvalue weighted by Crippen LogP contribution is -2.40. The van der Waals surface area contributed by atoms with Gasteiger partial charge in [0.1, 0.15) is 0 Å². The molecule has 3 rings (SSSR count). The van der Waals surface area contributed by atoms with Gasteiger partial charge in [0, 0.05) is 30.9 Å². The largest absolute Gasteiger partial charge is 0.399 e. The Morgan fingerprint density at radius 3 is 2.43 bits per heavy atom. The van der Waals surface area contributed by atoms with Crippen LogP contribution in [0.1, 0.15) is 21.5 Å². The first-order chi connectivity index (χ1) is 12.9. The number of ether oxygens (including phenoxy) is 1. The second-order valence-electron chi connectivity index (χ2n) is 6.42. The summed E-state index contributed by atoms with van der Waals surface area (Å²) in [5, 5.41) is 2.83. The molecule has 9 heteroatoms. The van der Waals surface area contributed by atoms with Crippen LogP contribution in [-0.4, -0.2) is 44.9 Å². The Morgan fingerprint density at radius 2 is 1.79 bits per heavy atom. The van der Waals surface area contributed by atoms with Gasteiger partial charge < -0.3 is 15.8 Å². The summed E-state index contributed by atoms with van der Waals surface area (Å²) in [5.41, 5.74) is 8.46. The molecule has 1 heterocycles. The number of nitrogens with zero attached hydrogens (tertiary/aromatic N) is 1. The number of nitrogens with two attached hydrogens (primary N) is 1. The number of halogens is 1. The Morgan fingerprint density at radius 1 is 1.14 bits per heavy atom. The van der Waals surface area contributed by atoms with Crippen LogP contribution in [0.2, 0.25) is 0 Å². The van der Waals surface area contributed by atoms with Crippen molar-refractivity contribution in [2.75, 3.05) is 32.0 Å². The molecule has 0 aliphatic carbocycles. The third-order valence-corrected chi connectivity index (χ3v) is 6.40. The monoisotopic (exact) mass is 425 g/mol. The van der Waals surface area contributed by atoms with Crippen molar-refractivity contribution in [1.29, 1.82) is 0 Å². The Bertz CT molecular complexity index is 927. The smallest absolute Gasteiger partial charge is 0.251 e. The molecule has 0 spiro atoms. The lowest BCUT2D eigenvalue weighted by atomic mass is 10.1. The van der Waals surface area contributed by atoms with Gasteiger partial charge in [0.15, 0.2) is 0 Å². The third kappa shape index (κ3) is 5.02. The number of sulfonamides is 1. The highest BCUT2D eigenvalue weighted by molar-refractivity contribution is 7.89. The molecule has 0 radical (unpaired) electrons. The quantitative estimate of drug-likeness (QED) is 0.713. The van der Waals surface area contributed by atoms with Gasteiger partial charge in [-0.05, 0) is 42.3 Å². The van der Waals surface area contributed by atoms with Crippen molar-refractivity contribution in [1.82, 2.24) is 9.62 Å². The van der Waals surface area contributed by atoms with Gasteiger partial charge >= 0.3 is 0 Å². The average Bonchev–Trinajstić information content (AvgIpc) is 2.69. The maximum atomic E-state index is 12.6. The Labute approximate surface area is 171 Å². The fourth-order valence-corrected chi connectivity index (χ4v) is 4.29. The van der Waals surface area contributed by atoms with E-state index in [1.54, 1.807) is 42.5 Å². The van der Waals surface area contributed by atoms with Crippen molar-refractivity contribution in [3.63, 3.8) is 0 Å². The normalized spacial score (nSPS) is 14.9. The molecule has 0 unspecified atom stereocenters. The number of nitrogen functional groups attached to an aromatic ring is 1. The van der Waals surface area contributed by atoms with E-state index in [2.05, 4.69) is 5.32 Å². The van der Waals surface area contributed by atoms with E-state index >= 15 is 0 Å².